The molecule has 10 rings (SSSR count). The standard InChI is InChI=1S/C51H58N10O5/c1-37(10-8-9-30-56-34-39(21-31-62)54-55-56)51(66)44-32-43(59-36-61(42-13-6-3-7-14-42)50(47(59)64)24-28-53-29-25-50)19-20-45(44)57(48(51)65)33-38-15-17-40(18-16-38)58-35-60(41-11-4-2-5-12-41)49(46(58)63)22-26-52-27-23-49/h2-8,10-20,32,34,37,52-53,62,66H,9,21-31,33,35-36H2,1H3/b10-8+/t37-,51+/m0/s1. The summed E-state index contributed by atoms with van der Waals surface area (Å²) in [6.07, 6.45) is 9.39. The Morgan fingerprint density at radius 2 is 1.27 bits per heavy atom. The highest BCUT2D eigenvalue weighted by molar-refractivity contribution is 6.10. The number of anilines is 5. The van der Waals surface area contributed by atoms with Crippen LogP contribution in [0.4, 0.5) is 28.4 Å². The van der Waals surface area contributed by atoms with E-state index in [2.05, 4.69) is 42.9 Å². The highest BCUT2D eigenvalue weighted by atomic mass is 16.3. The van der Waals surface area contributed by atoms with Crippen molar-refractivity contribution in [3.8, 4) is 0 Å². The molecule has 1 aromatic heterocycles. The number of aromatic nitrogens is 3. The number of carbonyl (C=O) groups excluding carboxylic acids is 3. The molecule has 4 aromatic carbocycles. The van der Waals surface area contributed by atoms with Gasteiger partial charge in [0.1, 0.15) is 11.1 Å². The van der Waals surface area contributed by atoms with Gasteiger partial charge >= 0.3 is 0 Å². The number of benzene rings is 4. The Balaban J connectivity index is 0.945. The largest absolute Gasteiger partial charge is 0.396 e. The van der Waals surface area contributed by atoms with E-state index in [1.807, 2.05) is 121 Å². The number of para-hydroxylation sites is 2. The average molecular weight is 891 g/mol. The number of piperidine rings is 2. The molecule has 2 spiro atoms. The van der Waals surface area contributed by atoms with Crippen LogP contribution in [0.3, 0.4) is 0 Å². The molecule has 0 unspecified atom stereocenters. The van der Waals surface area contributed by atoms with Gasteiger partial charge in [-0.3, -0.25) is 28.9 Å². The van der Waals surface area contributed by atoms with Crippen molar-refractivity contribution in [2.45, 2.75) is 75.2 Å². The van der Waals surface area contributed by atoms with Gasteiger partial charge in [-0.25, -0.2) is 0 Å². The van der Waals surface area contributed by atoms with Crippen molar-refractivity contribution in [1.82, 2.24) is 25.6 Å². The molecular formula is C51H58N10O5. The predicted octanol–water partition coefficient (Wildman–Crippen LogP) is 4.70. The first-order valence-corrected chi connectivity index (χ1v) is 23.3. The van der Waals surface area contributed by atoms with Crippen LogP contribution in [-0.2, 0) is 39.5 Å². The summed E-state index contributed by atoms with van der Waals surface area (Å²) in [5.41, 5.74) is 2.70. The van der Waals surface area contributed by atoms with Crippen molar-refractivity contribution in [2.75, 3.05) is 70.6 Å². The smallest absolute Gasteiger partial charge is 0.264 e. The summed E-state index contributed by atoms with van der Waals surface area (Å²) in [4.78, 5) is 53.8. The summed E-state index contributed by atoms with van der Waals surface area (Å²) in [7, 11) is 0. The van der Waals surface area contributed by atoms with Crippen LogP contribution in [0.2, 0.25) is 0 Å². The quantitative estimate of drug-likeness (QED) is 0.121. The first kappa shape index (κ1) is 43.5. The lowest BCUT2D eigenvalue weighted by Gasteiger charge is -2.39. The fourth-order valence-electron chi connectivity index (χ4n) is 10.9. The van der Waals surface area contributed by atoms with E-state index in [-0.39, 0.29) is 25.0 Å². The first-order valence-electron chi connectivity index (χ1n) is 23.3. The number of fused-ring (bicyclic) bond motifs is 1. The Bertz CT molecular complexity index is 2590. The Kier molecular flexibility index (Phi) is 11.7. The summed E-state index contributed by atoms with van der Waals surface area (Å²) in [5, 5.41) is 37.3. The third-order valence-electron chi connectivity index (χ3n) is 14.6. The van der Waals surface area contributed by atoms with Crippen LogP contribution >= 0.6 is 0 Å². The van der Waals surface area contributed by atoms with Crippen LogP contribution in [0.15, 0.2) is 121 Å². The van der Waals surface area contributed by atoms with Crippen LogP contribution in [0.25, 0.3) is 0 Å². The molecule has 0 bridgehead atoms. The zero-order valence-corrected chi connectivity index (χ0v) is 37.4. The van der Waals surface area contributed by atoms with Gasteiger partial charge in [-0.05, 0) is 118 Å². The van der Waals surface area contributed by atoms with Gasteiger partial charge in [0.15, 0.2) is 5.60 Å². The molecule has 3 amide bonds. The molecule has 2 atom stereocenters. The fraction of sp³-hybridized carbons (Fsp3) is 0.392. The molecule has 0 aliphatic carbocycles. The van der Waals surface area contributed by atoms with Gasteiger partial charge in [0, 0.05) is 60.0 Å². The number of nitrogens with zero attached hydrogens (tertiary/aromatic N) is 8. The van der Waals surface area contributed by atoms with Gasteiger partial charge in [0.05, 0.1) is 31.3 Å². The molecule has 15 heteroatoms. The van der Waals surface area contributed by atoms with Gasteiger partial charge in [-0.2, -0.15) is 0 Å². The Hall–Kier alpha value is -6.39. The number of carbonyl (C=O) groups is 3. The van der Waals surface area contributed by atoms with Crippen molar-refractivity contribution in [3.63, 3.8) is 0 Å². The minimum atomic E-state index is -1.94. The SMILES string of the molecule is C[C@@H](/C=C/CCn1cc(CCO)nn1)[C@]1(O)C(=O)N(Cc2ccc(N3CN(c4ccccc4)C4(CCNCC4)C3=O)cc2)c2ccc(N3CN(c4ccccc4)C4(CCNCC4)C3=O)cc21. The molecule has 5 aliphatic heterocycles. The van der Waals surface area contributed by atoms with Gasteiger partial charge in [-0.15, -0.1) is 5.10 Å². The summed E-state index contributed by atoms with van der Waals surface area (Å²) < 4.78 is 1.72. The topological polar surface area (TPSA) is 163 Å². The number of aliphatic hydroxyl groups excluding tert-OH is 1. The molecule has 5 aromatic rings. The number of amides is 3. The van der Waals surface area contributed by atoms with Crippen LogP contribution in [0, 0.1) is 5.92 Å². The van der Waals surface area contributed by atoms with Gasteiger partial charge < -0.3 is 35.5 Å². The molecule has 4 fully saturated rings. The lowest BCUT2D eigenvalue weighted by atomic mass is 9.82. The molecule has 0 radical (unpaired) electrons. The lowest BCUT2D eigenvalue weighted by Crippen LogP contribution is -2.55. The van der Waals surface area contributed by atoms with E-state index in [0.29, 0.717) is 81.0 Å². The average Bonchev–Trinajstić information content (AvgIpc) is 4.06. The molecule has 0 saturated carbocycles. The fourth-order valence-corrected chi connectivity index (χ4v) is 10.9. The van der Waals surface area contributed by atoms with Gasteiger partial charge in [-0.1, -0.05) is 72.8 Å². The Morgan fingerprint density at radius 1 is 0.712 bits per heavy atom. The number of aryl methyl sites for hydroxylation is 1. The maximum Gasteiger partial charge on any atom is 0.264 e. The summed E-state index contributed by atoms with van der Waals surface area (Å²) in [6, 6.07) is 33.6. The van der Waals surface area contributed by atoms with E-state index >= 15 is 0 Å². The normalized spacial score (nSPS) is 21.9. The van der Waals surface area contributed by atoms with Crippen LogP contribution < -0.4 is 35.1 Å². The minimum absolute atomic E-state index is 0.00370. The molecule has 6 heterocycles. The maximum atomic E-state index is 14.9. The van der Waals surface area contributed by atoms with E-state index in [1.54, 1.807) is 14.5 Å². The number of aliphatic hydroxyl groups is 2. The third-order valence-corrected chi connectivity index (χ3v) is 14.6. The Labute approximate surface area is 385 Å². The van der Waals surface area contributed by atoms with E-state index in [0.717, 1.165) is 48.8 Å². The first-order chi connectivity index (χ1) is 32.2. The maximum absolute atomic E-state index is 14.9. The van der Waals surface area contributed by atoms with Crippen molar-refractivity contribution in [1.29, 1.82) is 0 Å². The molecule has 342 valence electrons. The highest BCUT2D eigenvalue weighted by Gasteiger charge is 2.56. The van der Waals surface area contributed by atoms with Crippen molar-refractivity contribution in [2.24, 2.45) is 5.92 Å². The lowest BCUT2D eigenvalue weighted by molar-refractivity contribution is -0.139. The van der Waals surface area contributed by atoms with E-state index < -0.39 is 28.5 Å². The number of hydrogen-bond donors (Lipinski definition) is 4. The molecule has 66 heavy (non-hydrogen) atoms. The zero-order valence-electron chi connectivity index (χ0n) is 37.4. The number of rotatable bonds is 13. The Morgan fingerprint density at radius 3 is 1.85 bits per heavy atom. The second kappa shape index (κ2) is 17.8. The van der Waals surface area contributed by atoms with Crippen LogP contribution in [0.5, 0.6) is 0 Å². The molecule has 4 N–H and O–H groups in total. The van der Waals surface area contributed by atoms with Gasteiger partial charge in [0.25, 0.3) is 17.7 Å². The highest BCUT2D eigenvalue weighted by Crippen LogP contribution is 2.49. The number of nitrogens with one attached hydrogen (secondary N) is 2. The van der Waals surface area contributed by atoms with E-state index in [1.165, 1.54) is 0 Å². The van der Waals surface area contributed by atoms with Crippen LogP contribution in [-0.4, -0.2) is 100 Å². The summed E-state index contributed by atoms with van der Waals surface area (Å²) >= 11 is 0. The number of allylic oxidation sites excluding steroid dienone is 1. The summed E-state index contributed by atoms with van der Waals surface area (Å²) in [6.45, 7) is 6.32. The van der Waals surface area contributed by atoms with Crippen molar-refractivity contribution < 1.29 is 24.6 Å². The molecule has 5 aliphatic rings. The second-order valence-electron chi connectivity index (χ2n) is 18.3. The summed E-state index contributed by atoms with van der Waals surface area (Å²) in [5.74, 6) is -0.992. The molecule has 15 nitrogen and oxygen atoms in total. The van der Waals surface area contributed by atoms with E-state index in [4.69, 9.17) is 0 Å². The van der Waals surface area contributed by atoms with Crippen LogP contribution in [0.1, 0.15) is 55.8 Å². The zero-order chi connectivity index (χ0) is 45.5. The number of hydrogen-bond acceptors (Lipinski definition) is 11. The monoisotopic (exact) mass is 890 g/mol. The third kappa shape index (κ3) is 7.43. The second-order valence-corrected chi connectivity index (χ2v) is 18.3. The van der Waals surface area contributed by atoms with E-state index in [9.17, 15) is 24.6 Å². The van der Waals surface area contributed by atoms with Crippen molar-refractivity contribution >= 4 is 46.2 Å². The molecule has 4 saturated heterocycles. The van der Waals surface area contributed by atoms with Gasteiger partial charge in [0.2, 0.25) is 0 Å². The minimum Gasteiger partial charge on any atom is -0.396 e. The predicted molar refractivity (Wildman–Crippen MR) is 254 cm³/mol. The van der Waals surface area contributed by atoms with Crippen molar-refractivity contribution in [3.05, 3.63) is 138 Å². The molecular weight excluding hydrogens is 833 g/mol.